The molecule has 0 aliphatic rings. The van der Waals surface area contributed by atoms with E-state index in [9.17, 15) is 4.79 Å². The van der Waals surface area contributed by atoms with E-state index in [0.29, 0.717) is 12.2 Å². The molecule has 3 aromatic carbocycles. The van der Waals surface area contributed by atoms with Crippen molar-refractivity contribution in [3.05, 3.63) is 95.1 Å². The molecule has 4 heteroatoms. The van der Waals surface area contributed by atoms with Gasteiger partial charge in [0.15, 0.2) is 0 Å². The molecule has 0 radical (unpaired) electrons. The van der Waals surface area contributed by atoms with Crippen molar-refractivity contribution in [2.24, 2.45) is 0 Å². The van der Waals surface area contributed by atoms with Crippen molar-refractivity contribution < 1.29 is 9.53 Å². The van der Waals surface area contributed by atoms with Crippen LogP contribution in [0.4, 0.5) is 0 Å². The Morgan fingerprint density at radius 3 is 2.24 bits per heavy atom. The van der Waals surface area contributed by atoms with Gasteiger partial charge >= 0.3 is 0 Å². The van der Waals surface area contributed by atoms with Gasteiger partial charge in [-0.15, -0.1) is 11.8 Å². The maximum Gasteiger partial charge on any atom is 0.251 e. The standard InChI is InChI=1S/C25H27NO2S/c1-4-28-23-13-11-21(12-14-23)19(3)26-25(27)22-9-7-20(8-10-22)17-29-24-15-5-18(2)6-16-24/h5-16,19H,4,17H2,1-3H3,(H,26,27)/t19-/m0/s1. The first-order chi connectivity index (χ1) is 14.0. The molecule has 3 aromatic rings. The summed E-state index contributed by atoms with van der Waals surface area (Å²) in [6.45, 7) is 6.68. The first kappa shape index (κ1) is 21.0. The fourth-order valence-corrected chi connectivity index (χ4v) is 3.79. The monoisotopic (exact) mass is 405 g/mol. The largest absolute Gasteiger partial charge is 0.494 e. The highest BCUT2D eigenvalue weighted by Crippen LogP contribution is 2.23. The number of ether oxygens (including phenoxy) is 1. The highest BCUT2D eigenvalue weighted by Gasteiger charge is 2.11. The third-order valence-corrected chi connectivity index (χ3v) is 5.76. The van der Waals surface area contributed by atoms with Crippen molar-refractivity contribution in [1.29, 1.82) is 0 Å². The molecule has 0 saturated carbocycles. The van der Waals surface area contributed by atoms with Gasteiger partial charge in [-0.3, -0.25) is 4.79 Å². The van der Waals surface area contributed by atoms with E-state index in [4.69, 9.17) is 4.74 Å². The van der Waals surface area contributed by atoms with E-state index in [-0.39, 0.29) is 11.9 Å². The van der Waals surface area contributed by atoms with Crippen LogP contribution < -0.4 is 10.1 Å². The molecule has 0 saturated heterocycles. The zero-order chi connectivity index (χ0) is 20.6. The van der Waals surface area contributed by atoms with Crippen molar-refractivity contribution in [2.75, 3.05) is 6.61 Å². The molecule has 3 rings (SSSR count). The number of hydrogen-bond acceptors (Lipinski definition) is 3. The van der Waals surface area contributed by atoms with Gasteiger partial charge in [-0.25, -0.2) is 0 Å². The van der Waals surface area contributed by atoms with Crippen LogP contribution in [0.5, 0.6) is 5.75 Å². The predicted molar refractivity (Wildman–Crippen MR) is 121 cm³/mol. The van der Waals surface area contributed by atoms with Crippen LogP contribution >= 0.6 is 11.8 Å². The minimum absolute atomic E-state index is 0.0656. The Morgan fingerprint density at radius 2 is 1.62 bits per heavy atom. The van der Waals surface area contributed by atoms with Gasteiger partial charge in [0, 0.05) is 16.2 Å². The lowest BCUT2D eigenvalue weighted by molar-refractivity contribution is 0.0940. The Bertz CT molecular complexity index is 919. The summed E-state index contributed by atoms with van der Waals surface area (Å²) >= 11 is 1.80. The van der Waals surface area contributed by atoms with Crippen molar-refractivity contribution >= 4 is 17.7 Å². The van der Waals surface area contributed by atoms with Gasteiger partial charge in [-0.1, -0.05) is 42.0 Å². The summed E-state index contributed by atoms with van der Waals surface area (Å²) in [5, 5.41) is 3.06. The first-order valence-corrected chi connectivity index (χ1v) is 10.9. The second-order valence-corrected chi connectivity index (χ2v) is 8.04. The number of carbonyl (C=O) groups excluding carboxylic acids is 1. The fraction of sp³-hybridized carbons (Fsp3) is 0.240. The van der Waals surface area contributed by atoms with Gasteiger partial charge in [0.1, 0.15) is 5.75 Å². The summed E-state index contributed by atoms with van der Waals surface area (Å²) in [7, 11) is 0. The zero-order valence-corrected chi connectivity index (χ0v) is 18.0. The number of rotatable bonds is 8. The quantitative estimate of drug-likeness (QED) is 0.455. The van der Waals surface area contributed by atoms with E-state index in [2.05, 4.69) is 36.5 Å². The lowest BCUT2D eigenvalue weighted by Crippen LogP contribution is -2.26. The number of aryl methyl sites for hydroxylation is 1. The van der Waals surface area contributed by atoms with Gasteiger partial charge in [0.25, 0.3) is 5.91 Å². The normalized spacial score (nSPS) is 11.7. The minimum atomic E-state index is -0.0741. The van der Waals surface area contributed by atoms with E-state index in [1.165, 1.54) is 16.0 Å². The highest BCUT2D eigenvalue weighted by atomic mass is 32.2. The average Bonchev–Trinajstić information content (AvgIpc) is 2.74. The van der Waals surface area contributed by atoms with Crippen molar-refractivity contribution in [1.82, 2.24) is 5.32 Å². The molecule has 0 heterocycles. The Balaban J connectivity index is 1.54. The van der Waals surface area contributed by atoms with Crippen LogP contribution in [0.1, 0.15) is 46.9 Å². The Morgan fingerprint density at radius 1 is 0.966 bits per heavy atom. The lowest BCUT2D eigenvalue weighted by atomic mass is 10.1. The number of nitrogens with one attached hydrogen (secondary N) is 1. The van der Waals surface area contributed by atoms with Gasteiger partial charge < -0.3 is 10.1 Å². The van der Waals surface area contributed by atoms with Crippen LogP contribution in [-0.4, -0.2) is 12.5 Å². The summed E-state index contributed by atoms with van der Waals surface area (Å²) in [4.78, 5) is 13.8. The summed E-state index contributed by atoms with van der Waals surface area (Å²) < 4.78 is 5.47. The van der Waals surface area contributed by atoms with E-state index in [1.807, 2.05) is 62.4 Å². The van der Waals surface area contributed by atoms with E-state index < -0.39 is 0 Å². The number of thioether (sulfide) groups is 1. The van der Waals surface area contributed by atoms with E-state index in [0.717, 1.165) is 17.1 Å². The van der Waals surface area contributed by atoms with Gasteiger partial charge in [0.05, 0.1) is 12.6 Å². The summed E-state index contributed by atoms with van der Waals surface area (Å²) in [5.41, 5.74) is 4.19. The minimum Gasteiger partial charge on any atom is -0.494 e. The third kappa shape index (κ3) is 6.13. The summed E-state index contributed by atoms with van der Waals surface area (Å²) in [5.74, 6) is 1.66. The van der Waals surface area contributed by atoms with Crippen LogP contribution in [0.15, 0.2) is 77.7 Å². The Kier molecular flexibility index (Phi) is 7.36. The second kappa shape index (κ2) is 10.2. The molecule has 0 aliphatic carbocycles. The van der Waals surface area contributed by atoms with Crippen molar-refractivity contribution in [3.8, 4) is 5.75 Å². The summed E-state index contributed by atoms with van der Waals surface area (Å²) in [6, 6.07) is 24.1. The Labute approximate surface area is 177 Å². The molecule has 0 aliphatic heterocycles. The molecular weight excluding hydrogens is 378 g/mol. The molecule has 0 spiro atoms. The average molecular weight is 406 g/mol. The van der Waals surface area contributed by atoms with Crippen LogP contribution in [0.25, 0.3) is 0 Å². The van der Waals surface area contributed by atoms with E-state index >= 15 is 0 Å². The van der Waals surface area contributed by atoms with Crippen LogP contribution in [-0.2, 0) is 5.75 Å². The maximum atomic E-state index is 12.6. The predicted octanol–water partition coefficient (Wildman–Crippen LogP) is 6.18. The zero-order valence-electron chi connectivity index (χ0n) is 17.1. The number of benzene rings is 3. The number of hydrogen-bond donors (Lipinski definition) is 1. The Hall–Kier alpha value is -2.72. The molecule has 1 amide bonds. The maximum absolute atomic E-state index is 12.6. The fourth-order valence-electron chi connectivity index (χ4n) is 2.94. The first-order valence-electron chi connectivity index (χ1n) is 9.87. The van der Waals surface area contributed by atoms with E-state index in [1.54, 1.807) is 11.8 Å². The molecule has 1 N–H and O–H groups in total. The summed E-state index contributed by atoms with van der Waals surface area (Å²) in [6.07, 6.45) is 0. The molecule has 0 unspecified atom stereocenters. The second-order valence-electron chi connectivity index (χ2n) is 7.00. The number of carbonyl (C=O) groups is 1. The molecule has 150 valence electrons. The molecular formula is C25H27NO2S. The molecule has 0 aromatic heterocycles. The molecule has 29 heavy (non-hydrogen) atoms. The van der Waals surface area contributed by atoms with Gasteiger partial charge in [-0.2, -0.15) is 0 Å². The van der Waals surface area contributed by atoms with Crippen molar-refractivity contribution in [3.63, 3.8) is 0 Å². The highest BCUT2D eigenvalue weighted by molar-refractivity contribution is 7.98. The molecule has 0 fully saturated rings. The van der Waals surface area contributed by atoms with Crippen molar-refractivity contribution in [2.45, 2.75) is 37.5 Å². The molecule has 3 nitrogen and oxygen atoms in total. The SMILES string of the molecule is CCOc1ccc([C@H](C)NC(=O)c2ccc(CSc3ccc(C)cc3)cc2)cc1. The number of amides is 1. The van der Waals surface area contributed by atoms with Gasteiger partial charge in [0.2, 0.25) is 0 Å². The lowest BCUT2D eigenvalue weighted by Gasteiger charge is -2.15. The van der Waals surface area contributed by atoms with Crippen LogP contribution in [0.3, 0.4) is 0 Å². The topological polar surface area (TPSA) is 38.3 Å². The molecule has 1 atom stereocenters. The third-order valence-electron chi connectivity index (χ3n) is 4.68. The van der Waals surface area contributed by atoms with Gasteiger partial charge in [-0.05, 0) is 68.3 Å². The van der Waals surface area contributed by atoms with Crippen LogP contribution in [0, 0.1) is 6.92 Å². The molecule has 0 bridgehead atoms. The smallest absolute Gasteiger partial charge is 0.251 e. The van der Waals surface area contributed by atoms with Crippen LogP contribution in [0.2, 0.25) is 0 Å².